The predicted molar refractivity (Wildman–Crippen MR) is 64.2 cm³/mol. The van der Waals surface area contributed by atoms with Crippen molar-refractivity contribution in [1.82, 2.24) is 15.3 Å². The van der Waals surface area contributed by atoms with Crippen molar-refractivity contribution in [1.29, 1.82) is 0 Å². The van der Waals surface area contributed by atoms with Gasteiger partial charge in [-0.1, -0.05) is 12.1 Å². The molecule has 17 heavy (non-hydrogen) atoms. The van der Waals surface area contributed by atoms with Crippen molar-refractivity contribution >= 4 is 0 Å². The van der Waals surface area contributed by atoms with E-state index >= 15 is 0 Å². The van der Waals surface area contributed by atoms with Gasteiger partial charge in [0.05, 0.1) is 11.9 Å². The maximum Gasteiger partial charge on any atom is 0.132 e. The molecule has 0 amide bonds. The molecule has 0 bridgehead atoms. The first-order valence-corrected chi connectivity index (χ1v) is 5.85. The molecule has 1 aliphatic heterocycles. The number of aromatic amines is 1. The molecule has 0 saturated carbocycles. The molecule has 2 aromatic rings. The summed E-state index contributed by atoms with van der Waals surface area (Å²) in [7, 11) is 0. The number of aromatic nitrogens is 2. The summed E-state index contributed by atoms with van der Waals surface area (Å²) in [5.41, 5.74) is 1.34. The molecule has 4 heteroatoms. The van der Waals surface area contributed by atoms with E-state index in [4.69, 9.17) is 0 Å². The van der Waals surface area contributed by atoms with Crippen LogP contribution in [0.5, 0.6) is 0 Å². The fourth-order valence-electron chi connectivity index (χ4n) is 2.25. The second-order valence-corrected chi connectivity index (χ2v) is 4.35. The number of H-pyrrole nitrogens is 1. The Kier molecular flexibility index (Phi) is 2.65. The van der Waals surface area contributed by atoms with Gasteiger partial charge in [0, 0.05) is 18.0 Å². The summed E-state index contributed by atoms with van der Waals surface area (Å²) in [6.45, 7) is 1.98. The number of hydrogen-bond acceptors (Lipinski definition) is 2. The Balaban J connectivity index is 1.92. The van der Waals surface area contributed by atoms with E-state index in [2.05, 4.69) is 15.3 Å². The molecule has 0 radical (unpaired) electrons. The van der Waals surface area contributed by atoms with Gasteiger partial charge in [-0.2, -0.15) is 0 Å². The molecule has 2 N–H and O–H groups in total. The highest BCUT2D eigenvalue weighted by atomic mass is 19.1. The SMILES string of the molecule is Fc1ccccc1-c1cnc(C2CCNC2)[nH]1. The third-order valence-electron chi connectivity index (χ3n) is 3.21. The van der Waals surface area contributed by atoms with E-state index in [1.165, 1.54) is 6.07 Å². The first kappa shape index (κ1) is 10.5. The quantitative estimate of drug-likeness (QED) is 0.832. The minimum absolute atomic E-state index is 0.216. The minimum atomic E-state index is -0.216. The van der Waals surface area contributed by atoms with Gasteiger partial charge < -0.3 is 10.3 Å². The summed E-state index contributed by atoms with van der Waals surface area (Å²) in [5, 5.41) is 3.30. The smallest absolute Gasteiger partial charge is 0.132 e. The van der Waals surface area contributed by atoms with Crippen LogP contribution in [0.3, 0.4) is 0 Å². The van der Waals surface area contributed by atoms with Crippen molar-refractivity contribution in [3.05, 3.63) is 42.1 Å². The van der Waals surface area contributed by atoms with Crippen molar-refractivity contribution in [3.8, 4) is 11.3 Å². The van der Waals surface area contributed by atoms with Gasteiger partial charge in [0.15, 0.2) is 0 Å². The highest BCUT2D eigenvalue weighted by Gasteiger charge is 2.20. The maximum atomic E-state index is 13.6. The van der Waals surface area contributed by atoms with E-state index in [9.17, 15) is 4.39 Å². The summed E-state index contributed by atoms with van der Waals surface area (Å²) in [6, 6.07) is 6.75. The van der Waals surface area contributed by atoms with Crippen molar-refractivity contribution in [2.24, 2.45) is 0 Å². The van der Waals surface area contributed by atoms with Gasteiger partial charge in [-0.15, -0.1) is 0 Å². The van der Waals surface area contributed by atoms with E-state index < -0.39 is 0 Å². The van der Waals surface area contributed by atoms with Crippen LogP contribution in [0.4, 0.5) is 4.39 Å². The summed E-state index contributed by atoms with van der Waals surface area (Å²) in [4.78, 5) is 7.57. The van der Waals surface area contributed by atoms with Crippen molar-refractivity contribution < 1.29 is 4.39 Å². The second-order valence-electron chi connectivity index (χ2n) is 4.35. The van der Waals surface area contributed by atoms with E-state index in [1.54, 1.807) is 18.3 Å². The van der Waals surface area contributed by atoms with E-state index in [0.717, 1.165) is 31.0 Å². The first-order valence-electron chi connectivity index (χ1n) is 5.85. The number of halogens is 1. The van der Waals surface area contributed by atoms with Crippen LogP contribution >= 0.6 is 0 Å². The fraction of sp³-hybridized carbons (Fsp3) is 0.308. The number of hydrogen-bond donors (Lipinski definition) is 2. The maximum absolute atomic E-state index is 13.6. The molecule has 3 nitrogen and oxygen atoms in total. The van der Waals surface area contributed by atoms with Gasteiger partial charge in [0.1, 0.15) is 11.6 Å². The van der Waals surface area contributed by atoms with E-state index in [-0.39, 0.29) is 5.82 Å². The molecule has 1 unspecified atom stereocenters. The summed E-state index contributed by atoms with van der Waals surface area (Å²) in [5.74, 6) is 1.16. The number of benzene rings is 1. The molecular formula is C13H14FN3. The molecule has 0 aliphatic carbocycles. The third kappa shape index (κ3) is 1.96. The fourth-order valence-corrected chi connectivity index (χ4v) is 2.25. The van der Waals surface area contributed by atoms with Gasteiger partial charge in [0.25, 0.3) is 0 Å². The average molecular weight is 231 g/mol. The zero-order valence-electron chi connectivity index (χ0n) is 9.41. The van der Waals surface area contributed by atoms with Crippen molar-refractivity contribution in [2.45, 2.75) is 12.3 Å². The van der Waals surface area contributed by atoms with Crippen LogP contribution in [0.2, 0.25) is 0 Å². The normalized spacial score (nSPS) is 19.7. The van der Waals surface area contributed by atoms with Crippen LogP contribution in [-0.4, -0.2) is 23.1 Å². The standard InChI is InChI=1S/C13H14FN3/c14-11-4-2-1-3-10(11)12-8-16-13(17-12)9-5-6-15-7-9/h1-4,8-9,15H,5-7H2,(H,16,17). The molecule has 0 spiro atoms. The lowest BCUT2D eigenvalue weighted by Gasteiger charge is -2.03. The molecule has 1 aliphatic rings. The van der Waals surface area contributed by atoms with Crippen LogP contribution < -0.4 is 5.32 Å². The molecule has 1 atom stereocenters. The first-order chi connectivity index (χ1) is 8.34. The van der Waals surface area contributed by atoms with Crippen molar-refractivity contribution in [3.63, 3.8) is 0 Å². The molecular weight excluding hydrogens is 217 g/mol. The van der Waals surface area contributed by atoms with Crippen LogP contribution in [0.1, 0.15) is 18.2 Å². The van der Waals surface area contributed by atoms with Crippen LogP contribution in [0, 0.1) is 5.82 Å². The lowest BCUT2D eigenvalue weighted by molar-refractivity contribution is 0.630. The highest BCUT2D eigenvalue weighted by molar-refractivity contribution is 5.59. The average Bonchev–Trinajstić information content (AvgIpc) is 3.00. The Bertz CT molecular complexity index is 515. The molecule has 1 saturated heterocycles. The molecule has 1 fully saturated rings. The number of nitrogens with zero attached hydrogens (tertiary/aromatic N) is 1. The Morgan fingerprint density at radius 1 is 1.29 bits per heavy atom. The predicted octanol–water partition coefficient (Wildman–Crippen LogP) is 2.29. The van der Waals surface area contributed by atoms with E-state index in [0.29, 0.717) is 11.5 Å². The van der Waals surface area contributed by atoms with Gasteiger partial charge >= 0.3 is 0 Å². The minimum Gasteiger partial charge on any atom is -0.342 e. The number of imidazole rings is 1. The second kappa shape index (κ2) is 4.30. The topological polar surface area (TPSA) is 40.7 Å². The Morgan fingerprint density at radius 2 is 2.18 bits per heavy atom. The number of rotatable bonds is 2. The molecule has 3 rings (SSSR count). The van der Waals surface area contributed by atoms with Crippen LogP contribution in [0.25, 0.3) is 11.3 Å². The zero-order chi connectivity index (χ0) is 11.7. The zero-order valence-corrected chi connectivity index (χ0v) is 9.41. The largest absolute Gasteiger partial charge is 0.342 e. The van der Waals surface area contributed by atoms with Gasteiger partial charge in [-0.3, -0.25) is 0 Å². The highest BCUT2D eigenvalue weighted by Crippen LogP contribution is 2.24. The van der Waals surface area contributed by atoms with Gasteiger partial charge in [0.2, 0.25) is 0 Å². The number of nitrogens with one attached hydrogen (secondary N) is 2. The molecule has 88 valence electrons. The third-order valence-corrected chi connectivity index (χ3v) is 3.21. The molecule has 1 aromatic heterocycles. The summed E-state index contributed by atoms with van der Waals surface area (Å²) < 4.78 is 13.6. The Labute approximate surface area is 99.1 Å². The lowest BCUT2D eigenvalue weighted by Crippen LogP contribution is -2.08. The summed E-state index contributed by atoms with van der Waals surface area (Å²) in [6.07, 6.45) is 2.80. The lowest BCUT2D eigenvalue weighted by atomic mass is 10.1. The van der Waals surface area contributed by atoms with Crippen LogP contribution in [-0.2, 0) is 0 Å². The summed E-state index contributed by atoms with van der Waals surface area (Å²) >= 11 is 0. The monoisotopic (exact) mass is 231 g/mol. The van der Waals surface area contributed by atoms with E-state index in [1.807, 2.05) is 6.07 Å². The van der Waals surface area contributed by atoms with Gasteiger partial charge in [-0.05, 0) is 25.1 Å². The van der Waals surface area contributed by atoms with Crippen molar-refractivity contribution in [2.75, 3.05) is 13.1 Å². The van der Waals surface area contributed by atoms with Crippen LogP contribution in [0.15, 0.2) is 30.5 Å². The molecule has 1 aromatic carbocycles. The Morgan fingerprint density at radius 3 is 2.94 bits per heavy atom. The molecule has 2 heterocycles. The Hall–Kier alpha value is -1.68. The van der Waals surface area contributed by atoms with Gasteiger partial charge in [-0.25, -0.2) is 9.37 Å².